The number of likely N-dealkylation sites (tertiary alicyclic amines) is 1. The van der Waals surface area contributed by atoms with E-state index < -0.39 is 63.1 Å². The third kappa shape index (κ3) is 5.81. The topological polar surface area (TPSA) is 146 Å². The average Bonchev–Trinajstić information content (AvgIpc) is 3.53. The first-order chi connectivity index (χ1) is 22.5. The summed E-state index contributed by atoms with van der Waals surface area (Å²) in [4.78, 5) is 30.5. The molecule has 0 bridgehead atoms. The lowest BCUT2D eigenvalue weighted by Crippen LogP contribution is -2.59. The van der Waals surface area contributed by atoms with Crippen molar-refractivity contribution >= 4 is 39.1 Å². The summed E-state index contributed by atoms with van der Waals surface area (Å²) in [6.07, 6.45) is -6.65. The van der Waals surface area contributed by atoms with Crippen molar-refractivity contribution in [2.75, 3.05) is 39.2 Å². The van der Waals surface area contributed by atoms with Crippen LogP contribution in [0, 0.1) is 0 Å². The van der Waals surface area contributed by atoms with E-state index in [9.17, 15) is 36.6 Å². The van der Waals surface area contributed by atoms with Gasteiger partial charge in [-0.3, -0.25) is 14.5 Å². The number of anilines is 1. The number of rotatable bonds is 9. The number of carbonyl (C=O) groups excluding carboxylic acids is 2. The number of sulfonamides is 1. The highest BCUT2D eigenvalue weighted by molar-refractivity contribution is 7.93. The Kier molecular flexibility index (Phi) is 9.35. The van der Waals surface area contributed by atoms with E-state index in [-0.39, 0.29) is 51.9 Å². The molecule has 3 aromatic rings. The number of hydrogen-bond acceptors (Lipinski definition) is 10. The Morgan fingerprint density at radius 2 is 1.75 bits per heavy atom. The standard InChI is InChI=1S/C31H31ClF3N3O9S/c1-36(2)28(41)24-13-19(40)15-37(24)30(22-11-17(16-39)5-9-25(22)46-4)21-12-18(32)6-8-23(21)38(29(30)42)48(43,44)27-10-7-20(45-3)14-26(27)47-31(33,34)35/h5-12,14,19,24,39-40H,13,15-16H2,1-4H3/t19-,24+,30?/m1/s1. The summed E-state index contributed by atoms with van der Waals surface area (Å²) in [5.74, 6) is -3.07. The molecule has 3 aromatic carbocycles. The van der Waals surface area contributed by atoms with Gasteiger partial charge in [-0.25, -0.2) is 12.7 Å². The minimum Gasteiger partial charge on any atom is -0.497 e. The summed E-state index contributed by atoms with van der Waals surface area (Å²) in [6, 6.07) is 9.54. The van der Waals surface area contributed by atoms with Gasteiger partial charge in [0.15, 0.2) is 11.3 Å². The molecule has 1 unspecified atom stereocenters. The number of fused-ring (bicyclic) bond motifs is 1. The van der Waals surface area contributed by atoms with Crippen LogP contribution in [0.3, 0.4) is 0 Å². The van der Waals surface area contributed by atoms with Crippen LogP contribution in [0.4, 0.5) is 18.9 Å². The van der Waals surface area contributed by atoms with Crippen molar-refractivity contribution < 1.29 is 55.6 Å². The predicted octanol–water partition coefficient (Wildman–Crippen LogP) is 3.25. The van der Waals surface area contributed by atoms with Crippen LogP contribution in [-0.4, -0.2) is 93.6 Å². The number of nitrogens with zero attached hydrogens (tertiary/aromatic N) is 3. The Labute approximate surface area is 278 Å². The highest BCUT2D eigenvalue weighted by Gasteiger charge is 2.64. The fraction of sp³-hybridized carbons (Fsp3) is 0.355. The van der Waals surface area contributed by atoms with Crippen LogP contribution in [0.25, 0.3) is 0 Å². The Hall–Kier alpha value is -4.09. The molecule has 1 fully saturated rings. The molecule has 0 aliphatic carbocycles. The van der Waals surface area contributed by atoms with E-state index in [0.717, 1.165) is 19.2 Å². The molecule has 0 aromatic heterocycles. The van der Waals surface area contributed by atoms with Crippen molar-refractivity contribution in [3.8, 4) is 17.2 Å². The maximum atomic E-state index is 15.3. The first-order valence-electron chi connectivity index (χ1n) is 14.3. The maximum Gasteiger partial charge on any atom is 0.573 e. The van der Waals surface area contributed by atoms with E-state index in [1.165, 1.54) is 67.4 Å². The lowest BCUT2D eigenvalue weighted by atomic mass is 9.80. The summed E-state index contributed by atoms with van der Waals surface area (Å²) in [5.41, 5.74) is -2.42. The largest absolute Gasteiger partial charge is 0.573 e. The summed E-state index contributed by atoms with van der Waals surface area (Å²) in [5, 5.41) is 21.1. The number of ether oxygens (including phenoxy) is 3. The zero-order valence-electron chi connectivity index (χ0n) is 26.0. The van der Waals surface area contributed by atoms with Crippen LogP contribution in [0.5, 0.6) is 17.2 Å². The molecule has 5 rings (SSSR count). The molecule has 3 atom stereocenters. The zero-order valence-corrected chi connectivity index (χ0v) is 27.6. The van der Waals surface area contributed by atoms with E-state index in [2.05, 4.69) is 4.74 Å². The number of alkyl halides is 3. The summed E-state index contributed by atoms with van der Waals surface area (Å²) in [6.45, 7) is -0.842. The van der Waals surface area contributed by atoms with Gasteiger partial charge in [0.05, 0.1) is 38.7 Å². The second-order valence-corrected chi connectivity index (χ2v) is 13.5. The summed E-state index contributed by atoms with van der Waals surface area (Å²) in [7, 11) is 0.111. The maximum absolute atomic E-state index is 15.3. The van der Waals surface area contributed by atoms with Gasteiger partial charge in [-0.05, 0) is 54.4 Å². The smallest absolute Gasteiger partial charge is 0.497 e. The first kappa shape index (κ1) is 35.2. The number of carbonyl (C=O) groups is 2. The van der Waals surface area contributed by atoms with Crippen molar-refractivity contribution in [3.05, 3.63) is 76.3 Å². The Bertz CT molecular complexity index is 1880. The predicted molar refractivity (Wildman–Crippen MR) is 165 cm³/mol. The van der Waals surface area contributed by atoms with Crippen molar-refractivity contribution in [3.63, 3.8) is 0 Å². The lowest BCUT2D eigenvalue weighted by Gasteiger charge is -2.42. The molecule has 2 amide bonds. The molecule has 0 radical (unpaired) electrons. The van der Waals surface area contributed by atoms with Crippen molar-refractivity contribution in [1.82, 2.24) is 9.80 Å². The van der Waals surface area contributed by atoms with Gasteiger partial charge in [-0.2, -0.15) is 0 Å². The van der Waals surface area contributed by atoms with E-state index in [0.29, 0.717) is 10.4 Å². The summed E-state index contributed by atoms with van der Waals surface area (Å²) < 4.78 is 84.8. The molecular formula is C31H31ClF3N3O9S. The Balaban J connectivity index is 1.88. The number of hydrogen-bond donors (Lipinski definition) is 2. The first-order valence-corrected chi connectivity index (χ1v) is 16.1. The Morgan fingerprint density at radius 3 is 2.35 bits per heavy atom. The molecule has 1 saturated heterocycles. The second kappa shape index (κ2) is 12.7. The van der Waals surface area contributed by atoms with E-state index in [1.807, 2.05) is 0 Å². The molecule has 258 valence electrons. The number of benzene rings is 3. The molecule has 2 heterocycles. The number of likely N-dealkylation sites (N-methyl/N-ethyl adjacent to an activating group) is 1. The van der Waals surface area contributed by atoms with Crippen LogP contribution >= 0.6 is 11.6 Å². The fourth-order valence-corrected chi connectivity index (χ4v) is 7.99. The normalized spacial score (nSPS) is 21.3. The van der Waals surface area contributed by atoms with Crippen LogP contribution in [0.2, 0.25) is 5.02 Å². The highest BCUT2D eigenvalue weighted by Crippen LogP contribution is 2.55. The Morgan fingerprint density at radius 1 is 1.04 bits per heavy atom. The zero-order chi connectivity index (χ0) is 35.3. The van der Waals surface area contributed by atoms with Crippen molar-refractivity contribution in [2.45, 2.75) is 42.0 Å². The van der Waals surface area contributed by atoms with Gasteiger partial charge in [-0.15, -0.1) is 13.2 Å². The highest BCUT2D eigenvalue weighted by atomic mass is 35.5. The van der Waals surface area contributed by atoms with E-state index in [1.54, 1.807) is 0 Å². The van der Waals surface area contributed by atoms with Crippen LogP contribution < -0.4 is 18.5 Å². The molecule has 2 aliphatic heterocycles. The number of aliphatic hydroxyl groups excluding tert-OH is 2. The third-order valence-electron chi connectivity index (χ3n) is 8.23. The average molecular weight is 714 g/mol. The number of amides is 2. The van der Waals surface area contributed by atoms with Crippen LogP contribution in [0.1, 0.15) is 23.1 Å². The third-order valence-corrected chi connectivity index (χ3v) is 10.2. The molecule has 2 aliphatic rings. The van der Waals surface area contributed by atoms with Gasteiger partial charge in [0.1, 0.15) is 16.4 Å². The van der Waals surface area contributed by atoms with Gasteiger partial charge in [0, 0.05) is 42.9 Å². The minimum absolute atomic E-state index is 0.0186. The molecule has 17 heteroatoms. The lowest BCUT2D eigenvalue weighted by molar-refractivity contribution is -0.275. The molecule has 0 saturated carbocycles. The van der Waals surface area contributed by atoms with Crippen LogP contribution in [0.15, 0.2) is 59.5 Å². The second-order valence-electron chi connectivity index (χ2n) is 11.3. The van der Waals surface area contributed by atoms with Gasteiger partial charge in [0.25, 0.3) is 15.9 Å². The molecule has 12 nitrogen and oxygen atoms in total. The van der Waals surface area contributed by atoms with Crippen molar-refractivity contribution in [2.24, 2.45) is 0 Å². The van der Waals surface area contributed by atoms with Crippen LogP contribution in [-0.2, 0) is 31.8 Å². The SMILES string of the molecule is COc1ccc(S(=O)(=O)N2C(=O)C(c3cc(CO)ccc3OC)(N3C[C@H](O)C[C@H]3C(=O)N(C)C)c3cc(Cl)ccc32)c(OC(F)(F)F)c1. The van der Waals surface area contributed by atoms with Gasteiger partial charge in [-0.1, -0.05) is 17.7 Å². The fourth-order valence-electron chi connectivity index (χ4n) is 6.26. The molecule has 0 spiro atoms. The monoisotopic (exact) mass is 713 g/mol. The number of methoxy groups -OCH3 is 2. The van der Waals surface area contributed by atoms with Crippen molar-refractivity contribution in [1.29, 1.82) is 0 Å². The summed E-state index contributed by atoms with van der Waals surface area (Å²) >= 11 is 6.46. The number of aliphatic hydroxyl groups is 2. The van der Waals surface area contributed by atoms with E-state index in [4.69, 9.17) is 21.1 Å². The van der Waals surface area contributed by atoms with E-state index >= 15 is 4.79 Å². The molecule has 2 N–H and O–H groups in total. The molecule has 48 heavy (non-hydrogen) atoms. The van der Waals surface area contributed by atoms with Gasteiger partial charge in [0.2, 0.25) is 5.91 Å². The van der Waals surface area contributed by atoms with Gasteiger partial charge >= 0.3 is 6.36 Å². The van der Waals surface area contributed by atoms with Gasteiger partial charge < -0.3 is 29.3 Å². The quantitative estimate of drug-likeness (QED) is 0.339. The molecular weight excluding hydrogens is 683 g/mol. The number of β-amino-alcohol motifs (C(OH)–C–C–N with tert-alkyl or cyclic N) is 1. The minimum atomic E-state index is -5.33. The number of halogens is 4.